The molecule has 0 fully saturated rings. The van der Waals surface area contributed by atoms with Crippen molar-refractivity contribution in [1.29, 1.82) is 0 Å². The van der Waals surface area contributed by atoms with Crippen molar-refractivity contribution in [3.05, 3.63) is 53.6 Å². The van der Waals surface area contributed by atoms with Gasteiger partial charge in [0.25, 0.3) is 0 Å². The number of aromatic nitrogens is 2. The standard InChI is InChI=1S/C20H27N3O3/c1-20(2,3)26-19(25)22-12-10-17-8-9-18(15-24)23(17)13-5-7-16-6-4-11-21-14-16/h4,6,8-9,11,14-15H,5,7,10,12-13H2,1-3H3,(H,22,25). The van der Waals surface area contributed by atoms with Gasteiger partial charge in [0.2, 0.25) is 0 Å². The van der Waals surface area contributed by atoms with Crippen LogP contribution in [0.2, 0.25) is 0 Å². The van der Waals surface area contributed by atoms with Crippen molar-refractivity contribution in [2.45, 2.75) is 52.2 Å². The van der Waals surface area contributed by atoms with Crippen molar-refractivity contribution in [3.8, 4) is 0 Å². The average Bonchev–Trinajstić information content (AvgIpc) is 2.96. The number of nitrogens with zero attached hydrogens (tertiary/aromatic N) is 2. The molecule has 0 atom stereocenters. The third kappa shape index (κ3) is 6.35. The van der Waals surface area contributed by atoms with Crippen LogP contribution in [0.1, 0.15) is 48.9 Å². The summed E-state index contributed by atoms with van der Waals surface area (Å²) in [7, 11) is 0. The monoisotopic (exact) mass is 357 g/mol. The van der Waals surface area contributed by atoms with Crippen molar-refractivity contribution in [3.63, 3.8) is 0 Å². The van der Waals surface area contributed by atoms with Crippen LogP contribution in [0.3, 0.4) is 0 Å². The zero-order valence-corrected chi connectivity index (χ0v) is 15.7. The van der Waals surface area contributed by atoms with Crippen molar-refractivity contribution < 1.29 is 14.3 Å². The van der Waals surface area contributed by atoms with Crippen LogP contribution in [-0.2, 0) is 24.1 Å². The number of pyridine rings is 1. The maximum absolute atomic E-state index is 11.7. The van der Waals surface area contributed by atoms with E-state index < -0.39 is 11.7 Å². The molecule has 140 valence electrons. The van der Waals surface area contributed by atoms with E-state index >= 15 is 0 Å². The van der Waals surface area contributed by atoms with E-state index in [0.29, 0.717) is 18.7 Å². The first-order chi connectivity index (χ1) is 12.4. The average molecular weight is 357 g/mol. The summed E-state index contributed by atoms with van der Waals surface area (Å²) in [5.74, 6) is 0. The number of alkyl carbamates (subject to hydrolysis) is 1. The molecule has 26 heavy (non-hydrogen) atoms. The van der Waals surface area contributed by atoms with E-state index in [1.54, 1.807) is 6.20 Å². The molecule has 0 aliphatic rings. The van der Waals surface area contributed by atoms with Crippen molar-refractivity contribution in [2.24, 2.45) is 0 Å². The van der Waals surface area contributed by atoms with Gasteiger partial charge < -0.3 is 14.6 Å². The number of ether oxygens (including phenoxy) is 1. The third-order valence-corrected chi connectivity index (χ3v) is 3.84. The van der Waals surface area contributed by atoms with E-state index in [0.717, 1.165) is 31.4 Å². The molecule has 2 aromatic rings. The smallest absolute Gasteiger partial charge is 0.407 e. The number of rotatable bonds is 8. The first-order valence-corrected chi connectivity index (χ1v) is 8.88. The highest BCUT2D eigenvalue weighted by atomic mass is 16.6. The Balaban J connectivity index is 1.88. The number of hydrogen-bond donors (Lipinski definition) is 1. The molecule has 6 heteroatoms. The lowest BCUT2D eigenvalue weighted by Crippen LogP contribution is -2.33. The van der Waals surface area contributed by atoms with Crippen LogP contribution in [-0.4, -0.2) is 34.1 Å². The Hall–Kier alpha value is -2.63. The molecule has 0 unspecified atom stereocenters. The van der Waals surface area contributed by atoms with Gasteiger partial charge in [-0.25, -0.2) is 4.79 Å². The van der Waals surface area contributed by atoms with Crippen molar-refractivity contribution in [1.82, 2.24) is 14.9 Å². The molecule has 1 N–H and O–H groups in total. The van der Waals surface area contributed by atoms with Crippen LogP contribution in [0.5, 0.6) is 0 Å². The number of amides is 1. The number of hydrogen-bond acceptors (Lipinski definition) is 4. The lowest BCUT2D eigenvalue weighted by atomic mass is 10.1. The van der Waals surface area contributed by atoms with Crippen LogP contribution in [0.15, 0.2) is 36.7 Å². The zero-order valence-electron chi connectivity index (χ0n) is 15.7. The summed E-state index contributed by atoms with van der Waals surface area (Å²) >= 11 is 0. The molecule has 2 heterocycles. The molecule has 6 nitrogen and oxygen atoms in total. The first kappa shape index (κ1) is 19.7. The molecular weight excluding hydrogens is 330 g/mol. The fourth-order valence-corrected chi connectivity index (χ4v) is 2.72. The van der Waals surface area contributed by atoms with Gasteiger partial charge in [0.05, 0.1) is 5.69 Å². The predicted octanol–water partition coefficient (Wildman–Crippen LogP) is 3.40. The molecule has 0 aliphatic carbocycles. The Morgan fingerprint density at radius 1 is 1.27 bits per heavy atom. The van der Waals surface area contributed by atoms with Crippen LogP contribution in [0, 0.1) is 0 Å². The zero-order chi connectivity index (χ0) is 19.0. The van der Waals surface area contributed by atoms with Gasteiger partial charge in [-0.15, -0.1) is 0 Å². The van der Waals surface area contributed by atoms with Crippen LogP contribution >= 0.6 is 0 Å². The summed E-state index contributed by atoms with van der Waals surface area (Å²) < 4.78 is 7.24. The first-order valence-electron chi connectivity index (χ1n) is 8.88. The van der Waals surface area contributed by atoms with Gasteiger partial charge in [-0.3, -0.25) is 9.78 Å². The highest BCUT2D eigenvalue weighted by molar-refractivity contribution is 5.72. The largest absolute Gasteiger partial charge is 0.444 e. The molecule has 1 amide bonds. The topological polar surface area (TPSA) is 73.2 Å². The molecule has 0 aliphatic heterocycles. The van der Waals surface area contributed by atoms with Gasteiger partial charge >= 0.3 is 6.09 Å². The molecule has 0 saturated carbocycles. The number of aldehydes is 1. The maximum atomic E-state index is 11.7. The summed E-state index contributed by atoms with van der Waals surface area (Å²) in [5, 5.41) is 2.75. The molecule has 0 spiro atoms. The van der Waals surface area contributed by atoms with E-state index in [9.17, 15) is 9.59 Å². The SMILES string of the molecule is CC(C)(C)OC(=O)NCCc1ccc(C=O)n1CCCc1cccnc1. The molecule has 0 saturated heterocycles. The lowest BCUT2D eigenvalue weighted by Gasteiger charge is -2.19. The minimum absolute atomic E-state index is 0.428. The Morgan fingerprint density at radius 3 is 2.73 bits per heavy atom. The number of aryl methyl sites for hydroxylation is 1. The van der Waals surface area contributed by atoms with Crippen LogP contribution in [0.4, 0.5) is 4.79 Å². The minimum Gasteiger partial charge on any atom is -0.444 e. The van der Waals surface area contributed by atoms with Gasteiger partial charge in [-0.1, -0.05) is 6.07 Å². The van der Waals surface area contributed by atoms with E-state index in [1.807, 2.05) is 49.7 Å². The second-order valence-corrected chi connectivity index (χ2v) is 7.16. The Bertz CT molecular complexity index is 718. The molecule has 0 bridgehead atoms. The normalized spacial score (nSPS) is 11.2. The Labute approximate surface area is 154 Å². The van der Waals surface area contributed by atoms with Gasteiger partial charge in [-0.2, -0.15) is 0 Å². The quantitative estimate of drug-likeness (QED) is 0.735. The molecule has 0 radical (unpaired) electrons. The van der Waals surface area contributed by atoms with E-state index in [2.05, 4.69) is 16.4 Å². The van der Waals surface area contributed by atoms with Gasteiger partial charge in [0, 0.05) is 37.6 Å². The molecule has 2 aromatic heterocycles. The number of nitrogens with one attached hydrogen (secondary N) is 1. The van der Waals surface area contributed by atoms with E-state index in [4.69, 9.17) is 4.74 Å². The van der Waals surface area contributed by atoms with Gasteiger partial charge in [-0.05, 0) is 57.4 Å². The molecule has 2 rings (SSSR count). The fraction of sp³-hybridized carbons (Fsp3) is 0.450. The predicted molar refractivity (Wildman–Crippen MR) is 100 cm³/mol. The van der Waals surface area contributed by atoms with Gasteiger partial charge in [0.15, 0.2) is 6.29 Å². The van der Waals surface area contributed by atoms with Crippen molar-refractivity contribution in [2.75, 3.05) is 6.54 Å². The summed E-state index contributed by atoms with van der Waals surface area (Å²) in [6.45, 7) is 6.70. The second kappa shape index (κ2) is 9.17. The number of carbonyl (C=O) groups is 2. The van der Waals surface area contributed by atoms with Crippen LogP contribution in [0.25, 0.3) is 0 Å². The minimum atomic E-state index is -0.513. The third-order valence-electron chi connectivity index (χ3n) is 3.84. The van der Waals surface area contributed by atoms with Crippen LogP contribution < -0.4 is 5.32 Å². The fourth-order valence-electron chi connectivity index (χ4n) is 2.72. The van der Waals surface area contributed by atoms with E-state index in [1.165, 1.54) is 5.56 Å². The lowest BCUT2D eigenvalue weighted by molar-refractivity contribution is 0.0528. The maximum Gasteiger partial charge on any atom is 0.407 e. The summed E-state index contributed by atoms with van der Waals surface area (Å²) in [5.41, 5.74) is 2.35. The molecular formula is C20H27N3O3. The Kier molecular flexibility index (Phi) is 6.95. The second-order valence-electron chi connectivity index (χ2n) is 7.16. The molecule has 0 aromatic carbocycles. The summed E-state index contributed by atoms with van der Waals surface area (Å²) in [6.07, 6.45) is 6.52. The highest BCUT2D eigenvalue weighted by Gasteiger charge is 2.16. The summed E-state index contributed by atoms with van der Waals surface area (Å²) in [6, 6.07) is 7.73. The Morgan fingerprint density at radius 2 is 2.08 bits per heavy atom. The van der Waals surface area contributed by atoms with Gasteiger partial charge in [0.1, 0.15) is 5.60 Å². The van der Waals surface area contributed by atoms with Crippen molar-refractivity contribution >= 4 is 12.4 Å². The van der Waals surface area contributed by atoms with E-state index in [-0.39, 0.29) is 0 Å². The highest BCUT2D eigenvalue weighted by Crippen LogP contribution is 2.12. The summed E-state index contributed by atoms with van der Waals surface area (Å²) in [4.78, 5) is 27.1. The number of carbonyl (C=O) groups excluding carboxylic acids is 2.